The summed E-state index contributed by atoms with van der Waals surface area (Å²) < 4.78 is 5.15. The molecule has 0 saturated carbocycles. The van der Waals surface area contributed by atoms with Gasteiger partial charge in [-0.3, -0.25) is 4.79 Å². The molecule has 4 rings (SSSR count). The summed E-state index contributed by atoms with van der Waals surface area (Å²) in [4.78, 5) is 34.8. The van der Waals surface area contributed by atoms with Crippen molar-refractivity contribution in [1.29, 1.82) is 0 Å². The molecule has 1 atom stereocenters. The van der Waals surface area contributed by atoms with E-state index in [1.165, 1.54) is 24.4 Å². The van der Waals surface area contributed by atoms with Gasteiger partial charge in [-0.25, -0.2) is 9.79 Å². The van der Waals surface area contributed by atoms with Crippen molar-refractivity contribution in [3.63, 3.8) is 0 Å². The number of hydrogen-bond donors (Lipinski definition) is 1. The Balaban J connectivity index is 1.60. The number of piperidine rings is 1. The lowest BCUT2D eigenvalue weighted by Crippen LogP contribution is -2.44. The number of aliphatic imine (C=N–C) groups is 1. The monoisotopic (exact) mass is 482 g/mol. The Hall–Kier alpha value is -2.58. The second-order valence-electron chi connectivity index (χ2n) is 9.53. The van der Waals surface area contributed by atoms with E-state index in [1.54, 1.807) is 0 Å². The Bertz CT molecular complexity index is 1040. The van der Waals surface area contributed by atoms with Gasteiger partial charge in [-0.1, -0.05) is 49.9 Å². The van der Waals surface area contributed by atoms with Crippen molar-refractivity contribution in [3.05, 3.63) is 57.8 Å². The predicted octanol–water partition coefficient (Wildman–Crippen LogP) is 4.16. The van der Waals surface area contributed by atoms with Gasteiger partial charge < -0.3 is 19.9 Å². The molecule has 8 heteroatoms. The van der Waals surface area contributed by atoms with Crippen LogP contribution in [0.5, 0.6) is 0 Å². The number of allylic oxidation sites excluding steroid dienone is 1. The largest absolute Gasteiger partial charge is 0.466 e. The van der Waals surface area contributed by atoms with Crippen molar-refractivity contribution < 1.29 is 14.3 Å². The molecule has 7 nitrogen and oxygen atoms in total. The number of esters is 1. The minimum absolute atomic E-state index is 0.00227. The molecule has 1 aromatic carbocycles. The smallest absolute Gasteiger partial charge is 0.338 e. The minimum Gasteiger partial charge on any atom is -0.466 e. The number of benzene rings is 1. The molecule has 1 unspecified atom stereocenters. The fraction of sp³-hybridized carbons (Fsp3) is 0.500. The maximum absolute atomic E-state index is 13.0. The molecule has 1 amide bonds. The highest BCUT2D eigenvalue weighted by Crippen LogP contribution is 2.45. The van der Waals surface area contributed by atoms with E-state index in [2.05, 4.69) is 55.4 Å². The number of nitrogens with zero attached hydrogens (tertiary/aromatic N) is 3. The Morgan fingerprint density at radius 3 is 2.50 bits per heavy atom. The first-order valence-corrected chi connectivity index (χ1v) is 12.8. The van der Waals surface area contributed by atoms with Crippen LogP contribution in [0.25, 0.3) is 0 Å². The molecule has 1 fully saturated rings. The van der Waals surface area contributed by atoms with Gasteiger partial charge in [-0.05, 0) is 62.4 Å². The molecule has 0 radical (unpaired) electrons. The highest BCUT2D eigenvalue weighted by molar-refractivity contribution is 8.16. The lowest BCUT2D eigenvalue weighted by Gasteiger charge is -2.36. The third-order valence-corrected chi connectivity index (χ3v) is 7.64. The Morgan fingerprint density at radius 2 is 1.88 bits per heavy atom. The number of carbonyl (C=O) groups excluding carboxylic acids is 2. The Kier molecular flexibility index (Phi) is 7.48. The number of methoxy groups -OCH3 is 1. The number of hydrogen-bond acceptors (Lipinski definition) is 7. The number of nitrogens with one attached hydrogen (secondary N) is 1. The van der Waals surface area contributed by atoms with Gasteiger partial charge in [0.15, 0.2) is 5.17 Å². The molecular formula is C26H34N4O3S. The summed E-state index contributed by atoms with van der Waals surface area (Å²) in [5.41, 5.74) is 4.21. The normalized spacial score (nSPS) is 21.4. The summed E-state index contributed by atoms with van der Waals surface area (Å²) in [5.74, 6) is 0.0173. The number of amides is 1. The van der Waals surface area contributed by atoms with Crippen molar-refractivity contribution in [2.75, 3.05) is 27.2 Å². The number of rotatable bonds is 6. The number of likely N-dealkylation sites (tertiary alicyclic amines) is 1. The molecule has 182 valence electrons. The van der Waals surface area contributed by atoms with Crippen LogP contribution in [0, 0.1) is 0 Å². The van der Waals surface area contributed by atoms with E-state index in [-0.39, 0.29) is 18.4 Å². The van der Waals surface area contributed by atoms with Crippen LogP contribution in [0.15, 0.2) is 51.6 Å². The SMILES string of the molecule is COC(=O)C1=C(C)N=C2SC=C(CC(=O)NC3CCN(C)CC3)N2C1c1ccc(C(C)C)cc1. The molecule has 0 spiro atoms. The quantitative estimate of drug-likeness (QED) is 0.614. The van der Waals surface area contributed by atoms with Gasteiger partial charge in [0.05, 0.1) is 30.8 Å². The lowest BCUT2D eigenvalue weighted by molar-refractivity contribution is -0.136. The minimum atomic E-state index is -0.398. The average molecular weight is 483 g/mol. The topological polar surface area (TPSA) is 74.2 Å². The van der Waals surface area contributed by atoms with Crippen molar-refractivity contribution in [1.82, 2.24) is 15.1 Å². The van der Waals surface area contributed by atoms with Crippen molar-refractivity contribution >= 4 is 28.8 Å². The highest BCUT2D eigenvalue weighted by Gasteiger charge is 2.41. The molecule has 1 aromatic rings. The third-order valence-electron chi connectivity index (χ3n) is 6.75. The van der Waals surface area contributed by atoms with Crippen LogP contribution in [0.4, 0.5) is 0 Å². The van der Waals surface area contributed by atoms with Crippen molar-refractivity contribution in [2.24, 2.45) is 4.99 Å². The van der Waals surface area contributed by atoms with Gasteiger partial charge in [0, 0.05) is 11.7 Å². The molecule has 3 aliphatic heterocycles. The number of thioether (sulfide) groups is 1. The second kappa shape index (κ2) is 10.4. The summed E-state index contributed by atoms with van der Waals surface area (Å²) in [6, 6.07) is 8.17. The Labute approximate surface area is 206 Å². The first kappa shape index (κ1) is 24.5. The molecule has 0 aliphatic carbocycles. The fourth-order valence-electron chi connectivity index (χ4n) is 4.72. The van der Waals surface area contributed by atoms with Crippen molar-refractivity contribution in [2.45, 2.75) is 58.0 Å². The van der Waals surface area contributed by atoms with E-state index < -0.39 is 12.0 Å². The first-order chi connectivity index (χ1) is 16.3. The van der Waals surface area contributed by atoms with Gasteiger partial charge in [0.2, 0.25) is 5.91 Å². The maximum atomic E-state index is 13.0. The van der Waals surface area contributed by atoms with E-state index in [9.17, 15) is 9.59 Å². The van der Waals surface area contributed by atoms with Crippen molar-refractivity contribution in [3.8, 4) is 0 Å². The standard InChI is InChI=1S/C26H34N4O3S/c1-16(2)18-6-8-19(9-7-18)24-23(25(32)33-5)17(3)27-26-30(24)21(15-34-26)14-22(31)28-20-10-12-29(4)13-11-20/h6-9,15-16,20,24H,10-14H2,1-5H3,(H,28,31). The van der Waals surface area contributed by atoms with Gasteiger partial charge >= 0.3 is 5.97 Å². The lowest BCUT2D eigenvalue weighted by atomic mass is 9.92. The molecule has 3 aliphatic rings. The van der Waals surface area contributed by atoms with Crippen LogP contribution < -0.4 is 5.32 Å². The van der Waals surface area contributed by atoms with Gasteiger partial charge in [-0.15, -0.1) is 0 Å². The van der Waals surface area contributed by atoms with Crippen LogP contribution in [0.3, 0.4) is 0 Å². The zero-order valence-corrected chi connectivity index (χ0v) is 21.4. The van der Waals surface area contributed by atoms with Crippen LogP contribution >= 0.6 is 11.8 Å². The van der Waals surface area contributed by atoms with E-state index in [1.807, 2.05) is 17.2 Å². The summed E-state index contributed by atoms with van der Waals surface area (Å²) in [5, 5.41) is 5.97. The number of carbonyl (C=O) groups is 2. The number of amidine groups is 1. The highest BCUT2D eigenvalue weighted by atomic mass is 32.2. The average Bonchev–Trinajstić information content (AvgIpc) is 3.20. The van der Waals surface area contributed by atoms with E-state index >= 15 is 0 Å². The summed E-state index contributed by atoms with van der Waals surface area (Å²) in [6.07, 6.45) is 2.17. The third kappa shape index (κ3) is 5.08. The predicted molar refractivity (Wildman–Crippen MR) is 136 cm³/mol. The van der Waals surface area contributed by atoms with Crippen LogP contribution in [0.1, 0.15) is 63.1 Å². The van der Waals surface area contributed by atoms with Gasteiger partial charge in [0.25, 0.3) is 0 Å². The van der Waals surface area contributed by atoms with Gasteiger partial charge in [-0.2, -0.15) is 0 Å². The summed E-state index contributed by atoms with van der Waals surface area (Å²) in [6.45, 7) is 8.15. The van der Waals surface area contributed by atoms with Crippen LogP contribution in [-0.2, 0) is 14.3 Å². The van der Waals surface area contributed by atoms with E-state index in [0.717, 1.165) is 42.4 Å². The number of fused-ring (bicyclic) bond motifs is 1. The van der Waals surface area contributed by atoms with E-state index in [0.29, 0.717) is 17.2 Å². The summed E-state index contributed by atoms with van der Waals surface area (Å²) in [7, 11) is 3.50. The zero-order chi connectivity index (χ0) is 24.4. The Morgan fingerprint density at radius 1 is 1.21 bits per heavy atom. The summed E-state index contributed by atoms with van der Waals surface area (Å²) >= 11 is 1.50. The second-order valence-corrected chi connectivity index (χ2v) is 10.4. The maximum Gasteiger partial charge on any atom is 0.338 e. The molecule has 1 N–H and O–H groups in total. The molecule has 0 bridgehead atoms. The zero-order valence-electron chi connectivity index (χ0n) is 20.6. The van der Waals surface area contributed by atoms with Crippen LogP contribution in [0.2, 0.25) is 0 Å². The molecule has 34 heavy (non-hydrogen) atoms. The fourth-order valence-corrected chi connectivity index (χ4v) is 5.68. The molecule has 1 saturated heterocycles. The molecule has 3 heterocycles. The van der Waals surface area contributed by atoms with Gasteiger partial charge in [0.1, 0.15) is 0 Å². The molecular weight excluding hydrogens is 448 g/mol. The number of ether oxygens (including phenoxy) is 1. The van der Waals surface area contributed by atoms with E-state index in [4.69, 9.17) is 9.73 Å². The first-order valence-electron chi connectivity index (χ1n) is 11.9. The van der Waals surface area contributed by atoms with Crippen LogP contribution in [-0.4, -0.2) is 60.1 Å². The molecule has 0 aromatic heterocycles.